The van der Waals surface area contributed by atoms with Crippen LogP contribution >= 0.6 is 11.8 Å². The molecule has 21 heavy (non-hydrogen) atoms. The van der Waals surface area contributed by atoms with Crippen molar-refractivity contribution in [2.24, 2.45) is 7.05 Å². The van der Waals surface area contributed by atoms with Gasteiger partial charge in [-0.2, -0.15) is 0 Å². The summed E-state index contributed by atoms with van der Waals surface area (Å²) in [6.45, 7) is 1.33. The highest BCUT2D eigenvalue weighted by Gasteiger charge is 2.07. The first kappa shape index (κ1) is 15.1. The van der Waals surface area contributed by atoms with E-state index in [1.54, 1.807) is 30.5 Å². The molecular formula is C14H15N3O3S. The minimum absolute atomic E-state index is 0.150. The second-order valence-corrected chi connectivity index (χ2v) is 5.22. The summed E-state index contributed by atoms with van der Waals surface area (Å²) in [4.78, 5) is 26.9. The summed E-state index contributed by atoms with van der Waals surface area (Å²) in [5.41, 5.74) is 0.583. The molecule has 1 heterocycles. The van der Waals surface area contributed by atoms with Crippen molar-refractivity contribution < 1.29 is 14.3 Å². The Morgan fingerprint density at radius 2 is 2.24 bits per heavy atom. The molecule has 1 aromatic carbocycles. The van der Waals surface area contributed by atoms with Gasteiger partial charge in [-0.3, -0.25) is 9.59 Å². The number of esters is 1. The Hall–Kier alpha value is -2.28. The van der Waals surface area contributed by atoms with E-state index in [0.717, 1.165) is 5.16 Å². The molecule has 0 spiro atoms. The first-order chi connectivity index (χ1) is 10.0. The van der Waals surface area contributed by atoms with E-state index in [4.69, 9.17) is 4.74 Å². The van der Waals surface area contributed by atoms with Crippen LogP contribution in [0.15, 0.2) is 41.8 Å². The molecule has 0 aliphatic heterocycles. The van der Waals surface area contributed by atoms with Crippen LogP contribution in [-0.2, 0) is 16.6 Å². The Morgan fingerprint density at radius 1 is 1.43 bits per heavy atom. The Morgan fingerprint density at radius 3 is 2.90 bits per heavy atom. The number of imidazole rings is 1. The van der Waals surface area contributed by atoms with Gasteiger partial charge >= 0.3 is 5.97 Å². The normalized spacial score (nSPS) is 10.2. The maximum atomic E-state index is 11.9. The monoisotopic (exact) mass is 305 g/mol. The topological polar surface area (TPSA) is 73.2 Å². The van der Waals surface area contributed by atoms with E-state index in [1.807, 2.05) is 17.8 Å². The Labute approximate surface area is 126 Å². The van der Waals surface area contributed by atoms with Crippen LogP contribution in [0.25, 0.3) is 0 Å². The standard InChI is InChI=1S/C14H15N3O3S/c1-10(18)20-12-5-3-4-11(8-12)16-13(19)9-21-14-15-6-7-17(14)2/h3-8H,9H2,1-2H3,(H,16,19). The molecule has 0 atom stereocenters. The number of aryl methyl sites for hydroxylation is 1. The molecule has 2 rings (SSSR count). The average molecular weight is 305 g/mol. The van der Waals surface area contributed by atoms with Crippen LogP contribution < -0.4 is 10.1 Å². The lowest BCUT2D eigenvalue weighted by Crippen LogP contribution is -2.14. The van der Waals surface area contributed by atoms with Crippen LogP contribution in [0.5, 0.6) is 5.75 Å². The first-order valence-corrected chi connectivity index (χ1v) is 7.21. The number of nitrogens with one attached hydrogen (secondary N) is 1. The van der Waals surface area contributed by atoms with Gasteiger partial charge in [0.2, 0.25) is 5.91 Å². The lowest BCUT2D eigenvalue weighted by atomic mass is 10.3. The molecule has 0 saturated carbocycles. The third kappa shape index (κ3) is 4.64. The van der Waals surface area contributed by atoms with E-state index in [2.05, 4.69) is 10.3 Å². The van der Waals surface area contributed by atoms with Gasteiger partial charge in [-0.25, -0.2) is 4.98 Å². The number of hydrogen-bond acceptors (Lipinski definition) is 5. The van der Waals surface area contributed by atoms with Crippen LogP contribution in [0, 0.1) is 0 Å². The molecule has 0 aliphatic rings. The third-order valence-electron chi connectivity index (χ3n) is 2.49. The molecule has 110 valence electrons. The zero-order chi connectivity index (χ0) is 15.2. The van der Waals surface area contributed by atoms with Gasteiger partial charge in [-0.15, -0.1) is 0 Å². The Kier molecular flexibility index (Phi) is 4.99. The molecule has 0 radical (unpaired) electrons. The molecular weight excluding hydrogens is 290 g/mol. The number of amides is 1. The highest BCUT2D eigenvalue weighted by atomic mass is 32.2. The number of anilines is 1. The number of aromatic nitrogens is 2. The SMILES string of the molecule is CC(=O)Oc1cccc(NC(=O)CSc2nccn2C)c1. The largest absolute Gasteiger partial charge is 0.427 e. The molecule has 0 bridgehead atoms. The number of hydrogen-bond donors (Lipinski definition) is 1. The minimum atomic E-state index is -0.399. The van der Waals surface area contributed by atoms with Crippen molar-refractivity contribution in [3.05, 3.63) is 36.7 Å². The van der Waals surface area contributed by atoms with E-state index < -0.39 is 5.97 Å². The van der Waals surface area contributed by atoms with Crippen molar-refractivity contribution in [3.8, 4) is 5.75 Å². The Balaban J connectivity index is 1.90. The van der Waals surface area contributed by atoms with Gasteiger partial charge in [-0.05, 0) is 12.1 Å². The molecule has 1 amide bonds. The third-order valence-corrected chi connectivity index (χ3v) is 3.55. The Bertz CT molecular complexity index is 654. The van der Waals surface area contributed by atoms with Crippen molar-refractivity contribution in [1.29, 1.82) is 0 Å². The second kappa shape index (κ2) is 6.94. The minimum Gasteiger partial charge on any atom is -0.427 e. The number of carbonyl (C=O) groups is 2. The fourth-order valence-corrected chi connectivity index (χ4v) is 2.35. The quantitative estimate of drug-likeness (QED) is 0.520. The molecule has 2 aromatic rings. The van der Waals surface area contributed by atoms with E-state index >= 15 is 0 Å². The second-order valence-electron chi connectivity index (χ2n) is 4.28. The highest BCUT2D eigenvalue weighted by molar-refractivity contribution is 7.99. The van der Waals surface area contributed by atoms with E-state index in [0.29, 0.717) is 11.4 Å². The fourth-order valence-electron chi connectivity index (χ4n) is 1.62. The lowest BCUT2D eigenvalue weighted by molar-refractivity contribution is -0.131. The lowest BCUT2D eigenvalue weighted by Gasteiger charge is -2.07. The number of nitrogens with zero attached hydrogens (tertiary/aromatic N) is 2. The zero-order valence-electron chi connectivity index (χ0n) is 11.7. The summed E-state index contributed by atoms with van der Waals surface area (Å²) in [5, 5.41) is 3.53. The number of benzene rings is 1. The number of rotatable bonds is 5. The van der Waals surface area contributed by atoms with E-state index in [1.165, 1.54) is 18.7 Å². The smallest absolute Gasteiger partial charge is 0.308 e. The fraction of sp³-hybridized carbons (Fsp3) is 0.214. The maximum Gasteiger partial charge on any atom is 0.308 e. The predicted molar refractivity (Wildman–Crippen MR) is 80.3 cm³/mol. The van der Waals surface area contributed by atoms with Gasteiger partial charge in [0.15, 0.2) is 5.16 Å². The number of ether oxygens (including phenoxy) is 1. The van der Waals surface area contributed by atoms with Gasteiger partial charge in [0, 0.05) is 38.1 Å². The van der Waals surface area contributed by atoms with Crippen LogP contribution in [0.3, 0.4) is 0 Å². The van der Waals surface area contributed by atoms with Gasteiger partial charge < -0.3 is 14.6 Å². The van der Waals surface area contributed by atoms with Crippen molar-refractivity contribution >= 4 is 29.3 Å². The van der Waals surface area contributed by atoms with Gasteiger partial charge in [0.1, 0.15) is 5.75 Å². The zero-order valence-corrected chi connectivity index (χ0v) is 12.5. The summed E-state index contributed by atoms with van der Waals surface area (Å²) in [6, 6.07) is 6.69. The van der Waals surface area contributed by atoms with Gasteiger partial charge in [0.25, 0.3) is 0 Å². The molecule has 0 unspecified atom stereocenters. The predicted octanol–water partition coefficient (Wildman–Crippen LogP) is 2.08. The van der Waals surface area contributed by atoms with Crippen LogP contribution in [0.4, 0.5) is 5.69 Å². The summed E-state index contributed by atoms with van der Waals surface area (Å²) in [6.07, 6.45) is 3.51. The molecule has 0 aliphatic carbocycles. The highest BCUT2D eigenvalue weighted by Crippen LogP contribution is 2.19. The van der Waals surface area contributed by atoms with Crippen molar-refractivity contribution in [3.63, 3.8) is 0 Å². The molecule has 1 N–H and O–H groups in total. The number of carbonyl (C=O) groups excluding carboxylic acids is 2. The van der Waals surface area contributed by atoms with Gasteiger partial charge in [0.05, 0.1) is 5.75 Å². The van der Waals surface area contributed by atoms with Crippen LogP contribution in [0.1, 0.15) is 6.92 Å². The summed E-state index contributed by atoms with van der Waals surface area (Å²) in [5.74, 6) is 0.103. The summed E-state index contributed by atoms with van der Waals surface area (Å²) < 4.78 is 6.81. The molecule has 0 fully saturated rings. The maximum absolute atomic E-state index is 11.9. The molecule has 7 heteroatoms. The summed E-state index contributed by atoms with van der Waals surface area (Å²) >= 11 is 1.35. The molecule has 6 nitrogen and oxygen atoms in total. The first-order valence-electron chi connectivity index (χ1n) is 6.23. The van der Waals surface area contributed by atoms with Gasteiger partial charge in [-0.1, -0.05) is 17.8 Å². The van der Waals surface area contributed by atoms with E-state index in [9.17, 15) is 9.59 Å². The van der Waals surface area contributed by atoms with Crippen LogP contribution in [-0.4, -0.2) is 27.2 Å². The summed E-state index contributed by atoms with van der Waals surface area (Å²) in [7, 11) is 1.87. The van der Waals surface area contributed by atoms with E-state index in [-0.39, 0.29) is 11.7 Å². The average Bonchev–Trinajstić information content (AvgIpc) is 2.81. The molecule has 0 saturated heterocycles. The van der Waals surface area contributed by atoms with Crippen molar-refractivity contribution in [2.75, 3.05) is 11.1 Å². The van der Waals surface area contributed by atoms with Crippen molar-refractivity contribution in [2.45, 2.75) is 12.1 Å². The molecule has 1 aromatic heterocycles. The number of thioether (sulfide) groups is 1. The van der Waals surface area contributed by atoms with Crippen LogP contribution in [0.2, 0.25) is 0 Å². The van der Waals surface area contributed by atoms with Crippen molar-refractivity contribution in [1.82, 2.24) is 9.55 Å².